The monoisotopic (exact) mass is 275 g/mol. The highest BCUT2D eigenvalue weighted by Gasteiger charge is 2.27. The number of halogens is 1. The van der Waals surface area contributed by atoms with Crippen LogP contribution in [-0.4, -0.2) is 43.9 Å². The van der Waals surface area contributed by atoms with Crippen molar-refractivity contribution in [1.82, 2.24) is 0 Å². The number of rotatable bonds is 11. The van der Waals surface area contributed by atoms with Crippen LogP contribution < -0.4 is 12.4 Å². The first-order valence-corrected chi connectivity index (χ1v) is 7.26. The van der Waals surface area contributed by atoms with Crippen molar-refractivity contribution in [2.45, 2.75) is 51.6 Å². The molecule has 0 aromatic rings. The fourth-order valence-electron chi connectivity index (χ4n) is 2.39. The molecule has 1 aliphatic heterocycles. The molecule has 1 fully saturated rings. The molecule has 1 heterocycles. The maximum Gasteiger partial charge on any atom is 0.0969 e. The molecule has 3 heteroatoms. The molecule has 0 amide bonds. The predicted octanol–water partition coefficient (Wildman–Crippen LogP) is 0.382. The van der Waals surface area contributed by atoms with Gasteiger partial charge in [0.25, 0.3) is 0 Å². The van der Waals surface area contributed by atoms with Crippen LogP contribution in [0.15, 0.2) is 12.7 Å². The molecule has 0 spiro atoms. The maximum atomic E-state index is 5.30. The van der Waals surface area contributed by atoms with E-state index in [2.05, 4.69) is 26.6 Å². The molecule has 0 radical (unpaired) electrons. The molecule has 1 rings (SSSR count). The van der Waals surface area contributed by atoms with Crippen molar-refractivity contribution in [2.75, 3.05) is 33.3 Å². The van der Waals surface area contributed by atoms with Crippen LogP contribution in [0.1, 0.15) is 45.4 Å². The number of quaternary nitrogens is 1. The van der Waals surface area contributed by atoms with Crippen molar-refractivity contribution in [2.24, 2.45) is 0 Å². The van der Waals surface area contributed by atoms with Gasteiger partial charge in [0.05, 0.1) is 39.4 Å². The van der Waals surface area contributed by atoms with E-state index in [0.29, 0.717) is 6.10 Å². The number of epoxide rings is 1. The average Bonchev–Trinajstić information content (AvgIpc) is 3.11. The molecule has 2 nitrogen and oxygen atoms in total. The fraction of sp³-hybridized carbons (Fsp3) is 0.867. The van der Waals surface area contributed by atoms with Crippen LogP contribution in [0, 0.1) is 0 Å². The third-order valence-corrected chi connectivity index (χ3v) is 3.76. The van der Waals surface area contributed by atoms with Gasteiger partial charge in [-0.15, -0.1) is 0 Å². The molecule has 108 valence electrons. The fourth-order valence-corrected chi connectivity index (χ4v) is 2.39. The summed E-state index contributed by atoms with van der Waals surface area (Å²) in [6.45, 7) is 10.8. The summed E-state index contributed by atoms with van der Waals surface area (Å²) >= 11 is 0. The zero-order valence-corrected chi connectivity index (χ0v) is 12.9. The SMILES string of the molecule is C=CC[N+](C)(CCCCCCC)CCC1CO1.[Cl-]. The number of ether oxygens (including phenoxy) is 1. The largest absolute Gasteiger partial charge is 1.00 e. The standard InChI is InChI=1S/C15H30NO.ClH/c1-4-6-7-8-9-12-16(3,11-5-2)13-10-15-14-17-15;/h5,15H,2,4,6-14H2,1,3H3;1H/q+1;/p-1. The van der Waals surface area contributed by atoms with Gasteiger partial charge in [0, 0.05) is 6.42 Å². The zero-order chi connectivity index (χ0) is 12.6. The van der Waals surface area contributed by atoms with Gasteiger partial charge < -0.3 is 21.6 Å². The van der Waals surface area contributed by atoms with E-state index in [4.69, 9.17) is 4.74 Å². The summed E-state index contributed by atoms with van der Waals surface area (Å²) < 4.78 is 6.45. The van der Waals surface area contributed by atoms with E-state index in [1.165, 1.54) is 51.6 Å². The van der Waals surface area contributed by atoms with E-state index in [0.717, 1.165) is 17.6 Å². The summed E-state index contributed by atoms with van der Waals surface area (Å²) in [4.78, 5) is 0. The van der Waals surface area contributed by atoms with Crippen molar-refractivity contribution in [3.05, 3.63) is 12.7 Å². The summed E-state index contributed by atoms with van der Waals surface area (Å²) in [6, 6.07) is 0. The Balaban J connectivity index is 0.00000289. The normalized spacial score (nSPS) is 20.9. The third-order valence-electron chi connectivity index (χ3n) is 3.76. The Morgan fingerprint density at radius 1 is 1.22 bits per heavy atom. The van der Waals surface area contributed by atoms with Crippen LogP contribution in [0.2, 0.25) is 0 Å². The Labute approximate surface area is 119 Å². The first-order chi connectivity index (χ1) is 8.20. The van der Waals surface area contributed by atoms with Crippen LogP contribution in [0.5, 0.6) is 0 Å². The topological polar surface area (TPSA) is 12.5 Å². The third kappa shape index (κ3) is 8.12. The molecule has 0 saturated carbocycles. The van der Waals surface area contributed by atoms with Gasteiger partial charge in [0.2, 0.25) is 0 Å². The quantitative estimate of drug-likeness (QED) is 0.230. The lowest BCUT2D eigenvalue weighted by Gasteiger charge is -2.33. The molecule has 1 aliphatic rings. The molecule has 0 bridgehead atoms. The molecular weight excluding hydrogens is 246 g/mol. The van der Waals surface area contributed by atoms with Crippen molar-refractivity contribution >= 4 is 0 Å². The van der Waals surface area contributed by atoms with E-state index < -0.39 is 0 Å². The number of likely N-dealkylation sites (N-methyl/N-ethyl adjacent to an activating group) is 1. The van der Waals surface area contributed by atoms with Crippen LogP contribution in [0.3, 0.4) is 0 Å². The highest BCUT2D eigenvalue weighted by molar-refractivity contribution is 4.70. The number of nitrogens with zero attached hydrogens (tertiary/aromatic N) is 1. The molecule has 18 heavy (non-hydrogen) atoms. The van der Waals surface area contributed by atoms with Gasteiger partial charge in [-0.1, -0.05) is 32.8 Å². The smallest absolute Gasteiger partial charge is 0.0969 e. The Bertz CT molecular complexity index is 219. The Morgan fingerprint density at radius 2 is 1.89 bits per heavy atom. The highest BCUT2D eigenvalue weighted by atomic mass is 35.5. The van der Waals surface area contributed by atoms with Crippen molar-refractivity contribution < 1.29 is 21.6 Å². The van der Waals surface area contributed by atoms with Gasteiger partial charge in [-0.05, 0) is 18.9 Å². The molecule has 0 aromatic heterocycles. The second-order valence-electron chi connectivity index (χ2n) is 5.70. The van der Waals surface area contributed by atoms with Crippen LogP contribution in [-0.2, 0) is 4.74 Å². The lowest BCUT2D eigenvalue weighted by Crippen LogP contribution is -3.00. The predicted molar refractivity (Wildman–Crippen MR) is 74.1 cm³/mol. The minimum absolute atomic E-state index is 0. The van der Waals surface area contributed by atoms with Gasteiger partial charge in [-0.3, -0.25) is 0 Å². The average molecular weight is 276 g/mol. The molecule has 1 saturated heterocycles. The molecule has 2 atom stereocenters. The Morgan fingerprint density at radius 3 is 2.44 bits per heavy atom. The van der Waals surface area contributed by atoms with Gasteiger partial charge in [0.1, 0.15) is 0 Å². The highest BCUT2D eigenvalue weighted by Crippen LogP contribution is 2.17. The molecular formula is C15H30ClNO. The Hall–Kier alpha value is -0.0500. The van der Waals surface area contributed by atoms with Crippen LogP contribution in [0.25, 0.3) is 0 Å². The molecule has 0 aromatic carbocycles. The summed E-state index contributed by atoms with van der Waals surface area (Å²) in [5.74, 6) is 0. The van der Waals surface area contributed by atoms with Gasteiger partial charge >= 0.3 is 0 Å². The minimum Gasteiger partial charge on any atom is -1.00 e. The maximum absolute atomic E-state index is 5.30. The minimum atomic E-state index is 0. The van der Waals surface area contributed by atoms with E-state index in [9.17, 15) is 0 Å². The summed E-state index contributed by atoms with van der Waals surface area (Å²) in [7, 11) is 2.36. The lowest BCUT2D eigenvalue weighted by atomic mass is 10.1. The number of unbranched alkanes of at least 4 members (excludes halogenated alkanes) is 4. The second kappa shape index (κ2) is 9.82. The molecule has 0 aliphatic carbocycles. The zero-order valence-electron chi connectivity index (χ0n) is 12.2. The van der Waals surface area contributed by atoms with E-state index in [1.54, 1.807) is 0 Å². The summed E-state index contributed by atoms with van der Waals surface area (Å²) in [5, 5.41) is 0. The first kappa shape index (κ1) is 17.9. The van der Waals surface area contributed by atoms with Crippen LogP contribution >= 0.6 is 0 Å². The van der Waals surface area contributed by atoms with E-state index in [1.807, 2.05) is 0 Å². The van der Waals surface area contributed by atoms with E-state index in [-0.39, 0.29) is 12.4 Å². The summed E-state index contributed by atoms with van der Waals surface area (Å²) in [5.41, 5.74) is 0. The first-order valence-electron chi connectivity index (χ1n) is 7.26. The van der Waals surface area contributed by atoms with E-state index >= 15 is 0 Å². The van der Waals surface area contributed by atoms with Crippen molar-refractivity contribution in [3.63, 3.8) is 0 Å². The summed E-state index contributed by atoms with van der Waals surface area (Å²) in [6.07, 6.45) is 10.7. The number of hydrogen-bond donors (Lipinski definition) is 0. The van der Waals surface area contributed by atoms with Crippen molar-refractivity contribution in [1.29, 1.82) is 0 Å². The second-order valence-corrected chi connectivity index (χ2v) is 5.70. The molecule has 0 N–H and O–H groups in total. The van der Waals surface area contributed by atoms with Gasteiger partial charge in [-0.2, -0.15) is 0 Å². The van der Waals surface area contributed by atoms with Gasteiger partial charge in [0.15, 0.2) is 0 Å². The number of hydrogen-bond acceptors (Lipinski definition) is 1. The molecule has 2 unspecified atom stereocenters. The van der Waals surface area contributed by atoms with Crippen LogP contribution in [0.4, 0.5) is 0 Å². The lowest BCUT2D eigenvalue weighted by molar-refractivity contribution is -0.904. The van der Waals surface area contributed by atoms with Crippen molar-refractivity contribution in [3.8, 4) is 0 Å². The Kier molecular flexibility index (Phi) is 9.80. The van der Waals surface area contributed by atoms with Gasteiger partial charge in [-0.25, -0.2) is 0 Å².